The molecule has 1 aromatic carbocycles. The van der Waals surface area contributed by atoms with Crippen LogP contribution in [0.15, 0.2) is 18.2 Å². The monoisotopic (exact) mass is 234 g/mol. The van der Waals surface area contributed by atoms with Gasteiger partial charge in [0.05, 0.1) is 12.2 Å². The Kier molecular flexibility index (Phi) is 3.64. The molecule has 1 atom stereocenters. The van der Waals surface area contributed by atoms with Crippen molar-refractivity contribution in [3.05, 3.63) is 29.3 Å². The highest BCUT2D eigenvalue weighted by Crippen LogP contribution is 2.15. The first-order chi connectivity index (χ1) is 8.16. The number of ether oxygens (including phenoxy) is 1. The van der Waals surface area contributed by atoms with Crippen molar-refractivity contribution in [1.82, 2.24) is 5.32 Å². The average molecular weight is 234 g/mol. The van der Waals surface area contributed by atoms with Crippen LogP contribution in [-0.4, -0.2) is 25.7 Å². The lowest BCUT2D eigenvalue weighted by molar-refractivity contribution is 0.0946. The summed E-state index contributed by atoms with van der Waals surface area (Å²) in [5, 5.41) is 2.91. The highest BCUT2D eigenvalue weighted by molar-refractivity contribution is 5.99. The van der Waals surface area contributed by atoms with E-state index < -0.39 is 0 Å². The molecule has 1 aliphatic rings. The fraction of sp³-hybridized carbons (Fsp3) is 0.462. The Bertz CT molecular complexity index is 412. The number of carbonyl (C=O) groups is 1. The summed E-state index contributed by atoms with van der Waals surface area (Å²) < 4.78 is 5.26. The third kappa shape index (κ3) is 2.97. The van der Waals surface area contributed by atoms with Gasteiger partial charge in [0, 0.05) is 24.8 Å². The van der Waals surface area contributed by atoms with Crippen LogP contribution >= 0.6 is 0 Å². The van der Waals surface area contributed by atoms with Crippen LogP contribution in [0.3, 0.4) is 0 Å². The smallest absolute Gasteiger partial charge is 0.253 e. The molecule has 92 valence electrons. The molecule has 3 N–H and O–H groups in total. The summed E-state index contributed by atoms with van der Waals surface area (Å²) in [5.41, 5.74) is 7.91. The van der Waals surface area contributed by atoms with Gasteiger partial charge in [-0.3, -0.25) is 4.79 Å². The second kappa shape index (κ2) is 5.19. The Morgan fingerprint density at radius 3 is 3.12 bits per heavy atom. The number of nitrogens with two attached hydrogens (primary N) is 1. The SMILES string of the molecule is Cc1ccc(N)c(C(=O)NCC2CCOC2)c1. The molecule has 0 radical (unpaired) electrons. The topological polar surface area (TPSA) is 64.4 Å². The maximum Gasteiger partial charge on any atom is 0.253 e. The fourth-order valence-corrected chi connectivity index (χ4v) is 1.94. The van der Waals surface area contributed by atoms with Crippen molar-refractivity contribution in [3.63, 3.8) is 0 Å². The summed E-state index contributed by atoms with van der Waals surface area (Å²) >= 11 is 0. The molecule has 0 aliphatic carbocycles. The molecule has 1 aliphatic heterocycles. The molecule has 17 heavy (non-hydrogen) atoms. The normalized spacial score (nSPS) is 19.2. The van der Waals surface area contributed by atoms with Gasteiger partial charge in [0.1, 0.15) is 0 Å². The van der Waals surface area contributed by atoms with Crippen molar-refractivity contribution in [2.75, 3.05) is 25.5 Å². The Balaban J connectivity index is 1.96. The lowest BCUT2D eigenvalue weighted by atomic mass is 10.1. The van der Waals surface area contributed by atoms with Gasteiger partial charge in [-0.25, -0.2) is 0 Å². The number of nitrogen functional groups attached to an aromatic ring is 1. The number of carbonyl (C=O) groups excluding carboxylic acids is 1. The number of rotatable bonds is 3. The van der Waals surface area contributed by atoms with E-state index in [-0.39, 0.29) is 5.91 Å². The predicted octanol–water partition coefficient (Wildman–Crippen LogP) is 1.34. The van der Waals surface area contributed by atoms with Crippen LogP contribution < -0.4 is 11.1 Å². The van der Waals surface area contributed by atoms with E-state index in [4.69, 9.17) is 10.5 Å². The summed E-state index contributed by atoms with van der Waals surface area (Å²) in [4.78, 5) is 11.9. The third-order valence-corrected chi connectivity index (χ3v) is 3.03. The molecule has 0 spiro atoms. The quantitative estimate of drug-likeness (QED) is 0.776. The van der Waals surface area contributed by atoms with E-state index in [1.165, 1.54) is 0 Å². The van der Waals surface area contributed by atoms with Crippen molar-refractivity contribution < 1.29 is 9.53 Å². The first-order valence-corrected chi connectivity index (χ1v) is 5.89. The first kappa shape index (κ1) is 11.9. The van der Waals surface area contributed by atoms with Gasteiger partial charge in [0.2, 0.25) is 0 Å². The zero-order valence-electron chi connectivity index (χ0n) is 10.0. The fourth-order valence-electron chi connectivity index (χ4n) is 1.94. The number of benzene rings is 1. The van der Waals surface area contributed by atoms with E-state index in [1.54, 1.807) is 6.07 Å². The van der Waals surface area contributed by atoms with Crippen LogP contribution in [-0.2, 0) is 4.74 Å². The molecule has 1 fully saturated rings. The molecule has 0 aromatic heterocycles. The van der Waals surface area contributed by atoms with E-state index >= 15 is 0 Å². The summed E-state index contributed by atoms with van der Waals surface area (Å²) in [7, 11) is 0. The number of hydrogen-bond acceptors (Lipinski definition) is 3. The molecule has 4 nitrogen and oxygen atoms in total. The lowest BCUT2D eigenvalue weighted by Gasteiger charge is -2.11. The second-order valence-electron chi connectivity index (χ2n) is 4.53. The Morgan fingerprint density at radius 1 is 1.59 bits per heavy atom. The standard InChI is InChI=1S/C13H18N2O2/c1-9-2-3-12(14)11(6-9)13(16)15-7-10-4-5-17-8-10/h2-3,6,10H,4-5,7-8,14H2,1H3,(H,15,16). The minimum absolute atomic E-state index is 0.0990. The maximum absolute atomic E-state index is 11.9. The van der Waals surface area contributed by atoms with E-state index in [2.05, 4.69) is 5.32 Å². The lowest BCUT2D eigenvalue weighted by Crippen LogP contribution is -2.30. The Hall–Kier alpha value is -1.55. The number of nitrogens with one attached hydrogen (secondary N) is 1. The van der Waals surface area contributed by atoms with Crippen LogP contribution in [0.1, 0.15) is 22.3 Å². The van der Waals surface area contributed by atoms with Gasteiger partial charge in [-0.05, 0) is 25.5 Å². The maximum atomic E-state index is 11.9. The molecule has 0 bridgehead atoms. The molecule has 1 unspecified atom stereocenters. The van der Waals surface area contributed by atoms with Crippen molar-refractivity contribution in [2.45, 2.75) is 13.3 Å². The summed E-state index contributed by atoms with van der Waals surface area (Å²) in [5.74, 6) is 0.336. The van der Waals surface area contributed by atoms with E-state index in [0.29, 0.717) is 23.7 Å². The van der Waals surface area contributed by atoms with Crippen LogP contribution in [0, 0.1) is 12.8 Å². The van der Waals surface area contributed by atoms with Crippen LogP contribution in [0.2, 0.25) is 0 Å². The zero-order valence-corrected chi connectivity index (χ0v) is 10.0. The van der Waals surface area contributed by atoms with Gasteiger partial charge in [-0.15, -0.1) is 0 Å². The number of hydrogen-bond donors (Lipinski definition) is 2. The second-order valence-corrected chi connectivity index (χ2v) is 4.53. The molecule has 1 saturated heterocycles. The molecular formula is C13H18N2O2. The van der Waals surface area contributed by atoms with Gasteiger partial charge in [0.15, 0.2) is 0 Å². The number of amides is 1. The number of aryl methyl sites for hydroxylation is 1. The molecule has 4 heteroatoms. The van der Waals surface area contributed by atoms with E-state index in [1.807, 2.05) is 19.1 Å². The highest BCUT2D eigenvalue weighted by atomic mass is 16.5. The van der Waals surface area contributed by atoms with Crippen molar-refractivity contribution in [3.8, 4) is 0 Å². The third-order valence-electron chi connectivity index (χ3n) is 3.03. The van der Waals surface area contributed by atoms with Gasteiger partial charge in [-0.1, -0.05) is 11.6 Å². The van der Waals surface area contributed by atoms with Crippen molar-refractivity contribution in [1.29, 1.82) is 0 Å². The minimum atomic E-state index is -0.0990. The number of anilines is 1. The molecule has 2 rings (SSSR count). The van der Waals surface area contributed by atoms with Crippen LogP contribution in [0.4, 0.5) is 5.69 Å². The summed E-state index contributed by atoms with van der Waals surface area (Å²) in [6.45, 7) is 4.14. The molecular weight excluding hydrogens is 216 g/mol. The largest absolute Gasteiger partial charge is 0.398 e. The Labute approximate surface area is 101 Å². The summed E-state index contributed by atoms with van der Waals surface area (Å²) in [6.07, 6.45) is 1.02. The van der Waals surface area contributed by atoms with Crippen molar-refractivity contribution in [2.24, 2.45) is 5.92 Å². The van der Waals surface area contributed by atoms with Gasteiger partial charge in [-0.2, -0.15) is 0 Å². The zero-order chi connectivity index (χ0) is 12.3. The van der Waals surface area contributed by atoms with Gasteiger partial charge >= 0.3 is 0 Å². The van der Waals surface area contributed by atoms with E-state index in [9.17, 15) is 4.79 Å². The van der Waals surface area contributed by atoms with E-state index in [0.717, 1.165) is 25.2 Å². The average Bonchev–Trinajstić information content (AvgIpc) is 2.82. The molecule has 1 aromatic rings. The van der Waals surface area contributed by atoms with Crippen LogP contribution in [0.25, 0.3) is 0 Å². The van der Waals surface area contributed by atoms with Crippen molar-refractivity contribution >= 4 is 11.6 Å². The summed E-state index contributed by atoms with van der Waals surface area (Å²) in [6, 6.07) is 5.48. The molecule has 1 amide bonds. The minimum Gasteiger partial charge on any atom is -0.398 e. The van der Waals surface area contributed by atoms with Gasteiger partial charge < -0.3 is 15.8 Å². The Morgan fingerprint density at radius 2 is 2.41 bits per heavy atom. The van der Waals surface area contributed by atoms with Gasteiger partial charge in [0.25, 0.3) is 5.91 Å². The highest BCUT2D eigenvalue weighted by Gasteiger charge is 2.17. The van der Waals surface area contributed by atoms with Crippen LogP contribution in [0.5, 0.6) is 0 Å². The predicted molar refractivity (Wildman–Crippen MR) is 66.9 cm³/mol. The molecule has 1 heterocycles. The molecule has 0 saturated carbocycles. The first-order valence-electron chi connectivity index (χ1n) is 5.89.